The van der Waals surface area contributed by atoms with Gasteiger partial charge in [0.15, 0.2) is 0 Å². The van der Waals surface area contributed by atoms with E-state index in [1.807, 2.05) is 32.0 Å². The molecule has 0 saturated carbocycles. The van der Waals surface area contributed by atoms with Crippen LogP contribution in [-0.2, 0) is 11.3 Å². The number of rotatable bonds is 5. The van der Waals surface area contributed by atoms with E-state index in [0.717, 1.165) is 17.0 Å². The number of pyridine rings is 1. The average molecular weight is 379 g/mol. The zero-order chi connectivity index (χ0) is 20.3. The van der Waals surface area contributed by atoms with E-state index < -0.39 is 5.97 Å². The van der Waals surface area contributed by atoms with Gasteiger partial charge < -0.3 is 9.47 Å². The van der Waals surface area contributed by atoms with Gasteiger partial charge in [0.25, 0.3) is 5.56 Å². The summed E-state index contributed by atoms with van der Waals surface area (Å²) in [5.41, 5.74) is 3.11. The molecule has 144 valence electrons. The molecule has 28 heavy (non-hydrogen) atoms. The minimum absolute atomic E-state index is 0.217. The molecule has 7 nitrogen and oxygen atoms in total. The van der Waals surface area contributed by atoms with Crippen molar-refractivity contribution in [1.82, 2.24) is 14.5 Å². The lowest BCUT2D eigenvalue weighted by Gasteiger charge is -2.14. The lowest BCUT2D eigenvalue weighted by atomic mass is 10.1. The van der Waals surface area contributed by atoms with E-state index in [4.69, 9.17) is 9.47 Å². The number of aromatic nitrogens is 3. The number of esters is 1. The van der Waals surface area contributed by atoms with E-state index in [0.29, 0.717) is 17.1 Å². The van der Waals surface area contributed by atoms with Crippen molar-refractivity contribution in [3.05, 3.63) is 81.2 Å². The minimum Gasteiger partial charge on any atom is -0.471 e. The van der Waals surface area contributed by atoms with Crippen molar-refractivity contribution in [2.75, 3.05) is 7.11 Å². The van der Waals surface area contributed by atoms with Gasteiger partial charge in [-0.2, -0.15) is 4.98 Å². The highest BCUT2D eigenvalue weighted by atomic mass is 16.5. The summed E-state index contributed by atoms with van der Waals surface area (Å²) in [6.07, 6.45) is 0. The first-order valence-corrected chi connectivity index (χ1v) is 8.74. The van der Waals surface area contributed by atoms with Gasteiger partial charge in [0.05, 0.1) is 30.1 Å². The number of benzene rings is 1. The molecule has 0 aliphatic heterocycles. The number of hydrogen-bond donors (Lipinski definition) is 0. The molecule has 0 spiro atoms. The molecular formula is C21H21N3O4. The monoisotopic (exact) mass is 379 g/mol. The maximum atomic E-state index is 12.7. The Morgan fingerprint density at radius 3 is 2.54 bits per heavy atom. The van der Waals surface area contributed by atoms with E-state index >= 15 is 0 Å². The first-order valence-electron chi connectivity index (χ1n) is 8.74. The van der Waals surface area contributed by atoms with Crippen LogP contribution in [0, 0.1) is 20.8 Å². The molecule has 3 rings (SSSR count). The molecule has 0 aliphatic carbocycles. The van der Waals surface area contributed by atoms with Crippen molar-refractivity contribution in [2.24, 2.45) is 0 Å². The topological polar surface area (TPSA) is 83.3 Å². The highest BCUT2D eigenvalue weighted by molar-refractivity contribution is 5.90. The Morgan fingerprint density at radius 1 is 1.07 bits per heavy atom. The third-order valence-corrected chi connectivity index (χ3v) is 4.25. The summed E-state index contributed by atoms with van der Waals surface area (Å²) >= 11 is 0. The molecule has 2 heterocycles. The second-order valence-corrected chi connectivity index (χ2v) is 6.37. The van der Waals surface area contributed by atoms with Gasteiger partial charge in [0.2, 0.25) is 5.88 Å². The van der Waals surface area contributed by atoms with Crippen molar-refractivity contribution in [3.63, 3.8) is 0 Å². The fourth-order valence-electron chi connectivity index (χ4n) is 2.86. The Kier molecular flexibility index (Phi) is 5.54. The van der Waals surface area contributed by atoms with Gasteiger partial charge in [0.1, 0.15) is 12.4 Å². The van der Waals surface area contributed by atoms with Gasteiger partial charge in [-0.3, -0.25) is 14.3 Å². The lowest BCUT2D eigenvalue weighted by molar-refractivity contribution is 0.0600. The summed E-state index contributed by atoms with van der Waals surface area (Å²) in [5, 5.41) is 0. The number of ether oxygens (including phenoxy) is 2. The van der Waals surface area contributed by atoms with Crippen molar-refractivity contribution in [3.8, 4) is 11.6 Å². The summed E-state index contributed by atoms with van der Waals surface area (Å²) in [6.45, 7) is 5.69. The number of carbonyl (C=O) groups is 1. The van der Waals surface area contributed by atoms with Gasteiger partial charge in [-0.1, -0.05) is 12.1 Å². The molecule has 0 saturated heterocycles. The zero-order valence-electron chi connectivity index (χ0n) is 16.2. The molecule has 7 heteroatoms. The molecule has 3 aromatic rings. The predicted molar refractivity (Wildman–Crippen MR) is 104 cm³/mol. The van der Waals surface area contributed by atoms with E-state index in [1.165, 1.54) is 17.7 Å². The third kappa shape index (κ3) is 4.09. The van der Waals surface area contributed by atoms with Crippen molar-refractivity contribution < 1.29 is 14.3 Å². The molecule has 0 amide bonds. The fraction of sp³-hybridized carbons (Fsp3) is 0.238. The highest BCUT2D eigenvalue weighted by Crippen LogP contribution is 2.18. The van der Waals surface area contributed by atoms with Crippen LogP contribution < -0.4 is 10.3 Å². The predicted octanol–water partition coefficient (Wildman–Crippen LogP) is 2.92. The van der Waals surface area contributed by atoms with E-state index in [2.05, 4.69) is 9.97 Å². The van der Waals surface area contributed by atoms with Crippen LogP contribution >= 0.6 is 0 Å². The summed E-state index contributed by atoms with van der Waals surface area (Å²) < 4.78 is 11.9. The van der Waals surface area contributed by atoms with Gasteiger partial charge in [-0.25, -0.2) is 4.79 Å². The van der Waals surface area contributed by atoms with Crippen molar-refractivity contribution in [1.29, 1.82) is 0 Å². The number of hydrogen-bond acceptors (Lipinski definition) is 6. The first-order chi connectivity index (χ1) is 13.4. The summed E-state index contributed by atoms with van der Waals surface area (Å²) in [4.78, 5) is 33.3. The van der Waals surface area contributed by atoms with Gasteiger partial charge in [0, 0.05) is 5.69 Å². The van der Waals surface area contributed by atoms with Crippen molar-refractivity contribution in [2.45, 2.75) is 27.4 Å². The normalized spacial score (nSPS) is 10.6. The molecule has 0 fully saturated rings. The van der Waals surface area contributed by atoms with Crippen LogP contribution in [0.3, 0.4) is 0 Å². The second-order valence-electron chi connectivity index (χ2n) is 6.37. The van der Waals surface area contributed by atoms with Crippen LogP contribution in [-0.4, -0.2) is 27.6 Å². The molecule has 0 atom stereocenters. The Balaban J connectivity index is 1.92. The maximum Gasteiger partial charge on any atom is 0.337 e. The second kappa shape index (κ2) is 8.04. The lowest BCUT2D eigenvalue weighted by Crippen LogP contribution is -2.23. The Labute approximate surface area is 162 Å². The van der Waals surface area contributed by atoms with Gasteiger partial charge in [-0.05, 0) is 50.6 Å². The van der Waals surface area contributed by atoms with Crippen LogP contribution in [0.4, 0.5) is 0 Å². The molecule has 0 bridgehead atoms. The molecule has 2 aromatic heterocycles. The fourth-order valence-corrected chi connectivity index (χ4v) is 2.86. The molecule has 0 N–H and O–H groups in total. The smallest absolute Gasteiger partial charge is 0.337 e. The Bertz CT molecular complexity index is 1090. The number of aryl methyl sites for hydroxylation is 3. The third-order valence-electron chi connectivity index (χ3n) is 4.25. The average Bonchev–Trinajstić information content (AvgIpc) is 2.66. The standard InChI is InChI=1S/C21H21N3O4/c1-13-8-9-16(21(26)27-4)10-18(13)24-15(3)23-19(11-20(24)25)28-12-17-7-5-6-14(2)22-17/h5-11H,12H2,1-4H3. The minimum atomic E-state index is -0.467. The van der Waals surface area contributed by atoms with Crippen molar-refractivity contribution >= 4 is 5.97 Å². The van der Waals surface area contributed by atoms with Gasteiger partial charge in [-0.15, -0.1) is 0 Å². The van der Waals surface area contributed by atoms with E-state index in [-0.39, 0.29) is 18.0 Å². The van der Waals surface area contributed by atoms with Gasteiger partial charge >= 0.3 is 5.97 Å². The molecule has 0 unspecified atom stereocenters. The molecular weight excluding hydrogens is 358 g/mol. The van der Waals surface area contributed by atoms with E-state index in [1.54, 1.807) is 25.1 Å². The van der Waals surface area contributed by atoms with Crippen LogP contribution in [0.1, 0.15) is 33.1 Å². The van der Waals surface area contributed by atoms with E-state index in [9.17, 15) is 9.59 Å². The largest absolute Gasteiger partial charge is 0.471 e. The SMILES string of the molecule is COC(=O)c1ccc(C)c(-n2c(C)nc(OCc3cccc(C)n3)cc2=O)c1. The number of nitrogens with zero attached hydrogens (tertiary/aromatic N) is 3. The maximum absolute atomic E-state index is 12.7. The zero-order valence-corrected chi connectivity index (χ0v) is 16.2. The van der Waals surface area contributed by atoms with Crippen LogP contribution in [0.25, 0.3) is 5.69 Å². The number of carbonyl (C=O) groups excluding carboxylic acids is 1. The Morgan fingerprint density at radius 2 is 1.86 bits per heavy atom. The quantitative estimate of drug-likeness (QED) is 0.634. The molecule has 0 aliphatic rings. The highest BCUT2D eigenvalue weighted by Gasteiger charge is 2.14. The molecule has 0 radical (unpaired) electrons. The molecule has 1 aromatic carbocycles. The first kappa shape index (κ1) is 19.3. The van der Waals surface area contributed by atoms with Crippen LogP contribution in [0.2, 0.25) is 0 Å². The summed E-state index contributed by atoms with van der Waals surface area (Å²) in [7, 11) is 1.32. The summed E-state index contributed by atoms with van der Waals surface area (Å²) in [5.74, 6) is 0.208. The number of methoxy groups -OCH3 is 1. The van der Waals surface area contributed by atoms with Crippen LogP contribution in [0.5, 0.6) is 5.88 Å². The Hall–Kier alpha value is -3.48. The van der Waals surface area contributed by atoms with Crippen LogP contribution in [0.15, 0.2) is 47.3 Å². The summed E-state index contributed by atoms with van der Waals surface area (Å²) in [6, 6.07) is 12.0.